The number of rotatable bonds is 3. The molecule has 0 aromatic heterocycles. The van der Waals surface area contributed by atoms with Crippen LogP contribution in [0.2, 0.25) is 0 Å². The Balaban J connectivity index is 0.00000169. The zero-order valence-electron chi connectivity index (χ0n) is 8.53. The van der Waals surface area contributed by atoms with Gasteiger partial charge in [-0.15, -0.1) is 0 Å². The molecule has 6 heteroatoms. The Bertz CT molecular complexity index is 233. The van der Waals surface area contributed by atoms with Crippen LogP contribution in [0.1, 0.15) is 13.3 Å². The number of carbonyl (C=O) groups is 1. The van der Waals surface area contributed by atoms with Gasteiger partial charge in [0.25, 0.3) is 0 Å². The zero-order valence-corrected chi connectivity index (χ0v) is 9.29. The maximum atomic E-state index is 10.8. The average molecular weight is 221 g/mol. The second-order valence-electron chi connectivity index (χ2n) is 3.43. The van der Waals surface area contributed by atoms with Crippen molar-refractivity contribution >= 4 is 6.03 Å². The van der Waals surface area contributed by atoms with Crippen LogP contribution in [0.25, 0.3) is 0 Å². The molecule has 1 atom stereocenters. The Morgan fingerprint density at radius 3 is 2.71 bits per heavy atom. The number of primary amides is 1. The molecule has 0 saturated carbocycles. The van der Waals surface area contributed by atoms with Gasteiger partial charge in [-0.3, -0.25) is 0 Å². The highest BCUT2D eigenvalue weighted by atomic mass is 35.5. The summed E-state index contributed by atoms with van der Waals surface area (Å²) in [5.74, 6) is 0. The summed E-state index contributed by atoms with van der Waals surface area (Å²) in [6.45, 7) is 3.69. The lowest BCUT2D eigenvalue weighted by molar-refractivity contribution is -0.915. The van der Waals surface area contributed by atoms with Crippen LogP contribution in [0, 0.1) is 0 Å². The monoisotopic (exact) mass is 220 g/mol. The zero-order chi connectivity index (χ0) is 9.90. The fraction of sp³-hybridized carbons (Fsp3) is 0.625. The van der Waals surface area contributed by atoms with Gasteiger partial charge in [-0.05, 0) is 6.42 Å². The highest BCUT2D eigenvalue weighted by molar-refractivity contribution is 5.70. The van der Waals surface area contributed by atoms with Crippen molar-refractivity contribution in [3.8, 4) is 0 Å². The number of nitrogens with zero attached hydrogens (tertiary/aromatic N) is 2. The van der Waals surface area contributed by atoms with Crippen LogP contribution in [0.15, 0.2) is 12.4 Å². The molecule has 1 unspecified atom stereocenters. The predicted octanol–water partition coefficient (Wildman–Crippen LogP) is -2.83. The van der Waals surface area contributed by atoms with Crippen LogP contribution in [-0.4, -0.2) is 35.8 Å². The molecular formula is C8H17ClN4O. The Kier molecular flexibility index (Phi) is 4.73. The Morgan fingerprint density at radius 1 is 1.71 bits per heavy atom. The molecule has 0 aliphatic carbocycles. The number of halogens is 1. The summed E-state index contributed by atoms with van der Waals surface area (Å²) >= 11 is 0. The molecule has 0 saturated heterocycles. The van der Waals surface area contributed by atoms with Crippen molar-refractivity contribution in [2.75, 3.05) is 20.3 Å². The molecule has 1 heterocycles. The minimum absolute atomic E-state index is 0. The molecule has 1 aliphatic heterocycles. The van der Waals surface area contributed by atoms with Crippen molar-refractivity contribution in [2.45, 2.75) is 13.3 Å². The fourth-order valence-electron chi connectivity index (χ4n) is 1.63. The summed E-state index contributed by atoms with van der Waals surface area (Å²) in [6, 6.07) is -0.478. The van der Waals surface area contributed by atoms with Crippen LogP contribution in [0.4, 0.5) is 4.79 Å². The minimum Gasteiger partial charge on any atom is -1.00 e. The number of carbonyl (C=O) groups excluding carboxylic acids is 1. The molecule has 82 valence electrons. The fourth-order valence-corrected chi connectivity index (χ4v) is 1.63. The summed E-state index contributed by atoms with van der Waals surface area (Å²) in [5, 5.41) is 0. The quantitative estimate of drug-likeness (QED) is 0.504. The van der Waals surface area contributed by atoms with Crippen molar-refractivity contribution < 1.29 is 21.8 Å². The highest BCUT2D eigenvalue weighted by Crippen LogP contribution is 2.13. The lowest BCUT2D eigenvalue weighted by Crippen LogP contribution is -3.00. The number of quaternary nitrogens is 1. The third-order valence-electron chi connectivity index (χ3n) is 2.04. The Hall–Kier alpha value is -0.940. The van der Waals surface area contributed by atoms with Crippen molar-refractivity contribution in [2.24, 2.45) is 5.73 Å². The van der Waals surface area contributed by atoms with Gasteiger partial charge in [-0.2, -0.15) is 10.0 Å². The van der Waals surface area contributed by atoms with E-state index in [1.807, 2.05) is 24.3 Å². The molecule has 0 fully saturated rings. The van der Waals surface area contributed by atoms with Crippen LogP contribution < -0.4 is 23.6 Å². The molecule has 2 amide bonds. The molecule has 1 rings (SSSR count). The molecule has 0 spiro atoms. The number of nitrogens with one attached hydrogen (secondary N) is 1. The van der Waals surface area contributed by atoms with Crippen LogP contribution in [0.3, 0.4) is 0 Å². The van der Waals surface area contributed by atoms with Gasteiger partial charge >= 0.3 is 6.03 Å². The van der Waals surface area contributed by atoms with E-state index in [0.717, 1.165) is 19.6 Å². The minimum atomic E-state index is -0.478. The normalized spacial score (nSPS) is 24.6. The topological polar surface area (TPSA) is 58.4 Å². The van der Waals surface area contributed by atoms with Gasteiger partial charge in [0.15, 0.2) is 6.67 Å². The maximum Gasteiger partial charge on any atom is 0.356 e. The number of urea groups is 1. The number of hydrogen-bond acceptors (Lipinski definition) is 2. The maximum absolute atomic E-state index is 10.8. The SMILES string of the molecule is CCC[N+]1(NC(N)=O)C=CN(C)C1.[Cl-]. The van der Waals surface area contributed by atoms with Gasteiger partial charge < -0.3 is 23.0 Å². The number of hydrogen-bond donors (Lipinski definition) is 2. The standard InChI is InChI=1S/C8H16N4O.ClH/c1-3-5-12(10-8(9)13)6-4-11(2)7-12;/h4,6H,3,5,7H2,1-2H3,(H2-,9,10,13);1H. The molecular weight excluding hydrogens is 204 g/mol. The van der Waals surface area contributed by atoms with E-state index in [1.54, 1.807) is 0 Å². The van der Waals surface area contributed by atoms with E-state index in [9.17, 15) is 4.79 Å². The summed E-state index contributed by atoms with van der Waals surface area (Å²) in [4.78, 5) is 12.8. The third kappa shape index (κ3) is 3.08. The molecule has 0 aromatic carbocycles. The van der Waals surface area contributed by atoms with Crippen LogP contribution in [-0.2, 0) is 0 Å². The Labute approximate surface area is 90.5 Å². The van der Waals surface area contributed by atoms with E-state index >= 15 is 0 Å². The van der Waals surface area contributed by atoms with Gasteiger partial charge in [-0.25, -0.2) is 4.79 Å². The van der Waals surface area contributed by atoms with E-state index in [-0.39, 0.29) is 12.4 Å². The van der Waals surface area contributed by atoms with Gasteiger partial charge in [0, 0.05) is 7.05 Å². The molecule has 0 aromatic rings. The molecule has 5 nitrogen and oxygen atoms in total. The van der Waals surface area contributed by atoms with E-state index in [1.165, 1.54) is 0 Å². The van der Waals surface area contributed by atoms with Gasteiger partial charge in [0.1, 0.15) is 12.7 Å². The largest absolute Gasteiger partial charge is 1.00 e. The lowest BCUT2D eigenvalue weighted by atomic mass is 10.4. The van der Waals surface area contributed by atoms with Gasteiger partial charge in [-0.1, -0.05) is 6.92 Å². The molecule has 0 bridgehead atoms. The van der Waals surface area contributed by atoms with E-state index in [4.69, 9.17) is 5.73 Å². The first kappa shape index (κ1) is 13.1. The molecule has 3 N–H and O–H groups in total. The number of nitrogens with two attached hydrogens (primary N) is 1. The summed E-state index contributed by atoms with van der Waals surface area (Å²) in [7, 11) is 1.97. The van der Waals surface area contributed by atoms with Crippen molar-refractivity contribution in [1.82, 2.24) is 10.3 Å². The first-order valence-electron chi connectivity index (χ1n) is 4.42. The third-order valence-corrected chi connectivity index (χ3v) is 2.04. The Morgan fingerprint density at radius 2 is 2.36 bits per heavy atom. The van der Waals surface area contributed by atoms with Crippen molar-refractivity contribution in [3.63, 3.8) is 0 Å². The van der Waals surface area contributed by atoms with Gasteiger partial charge in [0.2, 0.25) is 0 Å². The van der Waals surface area contributed by atoms with Crippen LogP contribution in [0.5, 0.6) is 0 Å². The molecule has 14 heavy (non-hydrogen) atoms. The second-order valence-corrected chi connectivity index (χ2v) is 3.43. The first-order chi connectivity index (χ1) is 6.08. The molecule has 1 aliphatic rings. The van der Waals surface area contributed by atoms with E-state index in [2.05, 4.69) is 12.3 Å². The van der Waals surface area contributed by atoms with Crippen LogP contribution >= 0.6 is 0 Å². The highest BCUT2D eigenvalue weighted by Gasteiger charge is 2.31. The first-order valence-corrected chi connectivity index (χ1v) is 4.42. The lowest BCUT2D eigenvalue weighted by Gasteiger charge is -2.30. The van der Waals surface area contributed by atoms with E-state index in [0.29, 0.717) is 4.59 Å². The summed E-state index contributed by atoms with van der Waals surface area (Å²) in [5.41, 5.74) is 7.85. The second kappa shape index (κ2) is 5.07. The van der Waals surface area contributed by atoms with E-state index < -0.39 is 6.03 Å². The smallest absolute Gasteiger partial charge is 0.356 e. The predicted molar refractivity (Wildman–Crippen MR) is 49.9 cm³/mol. The summed E-state index contributed by atoms with van der Waals surface area (Å²) in [6.07, 6.45) is 4.90. The van der Waals surface area contributed by atoms with Gasteiger partial charge in [0.05, 0.1) is 6.20 Å². The molecule has 0 radical (unpaired) electrons. The summed E-state index contributed by atoms with van der Waals surface area (Å²) < 4.78 is 0.433. The van der Waals surface area contributed by atoms with Crippen molar-refractivity contribution in [1.29, 1.82) is 0 Å². The van der Waals surface area contributed by atoms with Crippen molar-refractivity contribution in [3.05, 3.63) is 12.4 Å². The number of amides is 2. The average Bonchev–Trinajstić information content (AvgIpc) is 2.31.